The van der Waals surface area contributed by atoms with E-state index >= 15 is 0 Å². The van der Waals surface area contributed by atoms with E-state index < -0.39 is 36.5 Å². The SMILES string of the molecule is CC1(C)O[C@@H]2[C@H](O1)[C@@H](C=Cc1ccccc1F)O[C@H]2n1cnc2c(NC3CCC(F)C3)ncnc21. The van der Waals surface area contributed by atoms with Gasteiger partial charge in [0.05, 0.1) is 6.33 Å². The number of hydrogen-bond donors (Lipinski definition) is 1. The van der Waals surface area contributed by atoms with Gasteiger partial charge in [0.1, 0.15) is 36.6 Å². The number of imidazole rings is 1. The van der Waals surface area contributed by atoms with Crippen LogP contribution in [0.3, 0.4) is 0 Å². The summed E-state index contributed by atoms with van der Waals surface area (Å²) >= 11 is 0. The first kappa shape index (κ1) is 22.5. The molecule has 2 aromatic heterocycles. The van der Waals surface area contributed by atoms with Crippen molar-refractivity contribution in [3.8, 4) is 0 Å². The lowest BCUT2D eigenvalue weighted by Gasteiger charge is -2.24. The predicted octanol–water partition coefficient (Wildman–Crippen LogP) is 4.40. The fourth-order valence-corrected chi connectivity index (χ4v) is 5.19. The van der Waals surface area contributed by atoms with Crippen LogP contribution in [0.4, 0.5) is 14.6 Å². The molecule has 0 spiro atoms. The van der Waals surface area contributed by atoms with Crippen molar-refractivity contribution in [1.82, 2.24) is 19.5 Å². The van der Waals surface area contributed by atoms with Crippen molar-refractivity contribution in [2.24, 2.45) is 0 Å². The monoisotopic (exact) mass is 483 g/mol. The molecule has 2 saturated heterocycles. The number of alkyl halides is 1. The highest BCUT2D eigenvalue weighted by molar-refractivity contribution is 5.82. The molecule has 1 N–H and O–H groups in total. The Kier molecular flexibility index (Phi) is 5.54. The molecule has 0 amide bonds. The molecule has 184 valence electrons. The van der Waals surface area contributed by atoms with Crippen molar-refractivity contribution < 1.29 is 23.0 Å². The summed E-state index contributed by atoms with van der Waals surface area (Å²) < 4.78 is 48.3. The van der Waals surface area contributed by atoms with Gasteiger partial charge in [-0.2, -0.15) is 0 Å². The first-order valence-corrected chi connectivity index (χ1v) is 11.9. The number of anilines is 1. The van der Waals surface area contributed by atoms with Crippen LogP contribution in [0, 0.1) is 5.82 Å². The van der Waals surface area contributed by atoms with Crippen LogP contribution in [-0.4, -0.2) is 55.8 Å². The Labute approximate surface area is 201 Å². The van der Waals surface area contributed by atoms with Crippen LogP contribution in [0.2, 0.25) is 0 Å². The molecule has 0 radical (unpaired) electrons. The van der Waals surface area contributed by atoms with Crippen LogP contribution in [0.5, 0.6) is 0 Å². The molecule has 4 heterocycles. The Hall–Kier alpha value is -2.95. The van der Waals surface area contributed by atoms with Crippen molar-refractivity contribution in [1.29, 1.82) is 0 Å². The van der Waals surface area contributed by atoms with E-state index in [-0.39, 0.29) is 11.9 Å². The zero-order valence-corrected chi connectivity index (χ0v) is 19.5. The van der Waals surface area contributed by atoms with Gasteiger partial charge in [0.25, 0.3) is 0 Å². The first-order chi connectivity index (χ1) is 16.9. The average molecular weight is 484 g/mol. The standard InChI is InChI=1S/C25H27F2N5O3/c1-25(2)34-20-18(10-7-14-5-3-4-6-17(14)27)33-24(21(20)35-25)32-13-30-19-22(28-12-29-23(19)32)31-16-9-8-15(26)11-16/h3-7,10,12-13,15-16,18,20-21,24H,8-9,11H2,1-2H3,(H,28,29,31)/t15?,16?,18-,20-,21-,24-/m1/s1. The molecule has 8 nitrogen and oxygen atoms in total. The van der Waals surface area contributed by atoms with E-state index in [2.05, 4.69) is 20.3 Å². The van der Waals surface area contributed by atoms with Crippen LogP contribution in [-0.2, 0) is 14.2 Å². The molecule has 6 atom stereocenters. The predicted molar refractivity (Wildman–Crippen MR) is 125 cm³/mol. The summed E-state index contributed by atoms with van der Waals surface area (Å²) in [6.07, 6.45) is 5.73. The van der Waals surface area contributed by atoms with Gasteiger partial charge < -0.3 is 19.5 Å². The lowest BCUT2D eigenvalue weighted by molar-refractivity contribution is -0.191. The second-order valence-electron chi connectivity index (χ2n) is 9.73. The van der Waals surface area contributed by atoms with Crippen LogP contribution < -0.4 is 5.32 Å². The van der Waals surface area contributed by atoms with Crippen LogP contribution in [0.15, 0.2) is 43.0 Å². The molecule has 10 heteroatoms. The Bertz CT molecular complexity index is 1260. The smallest absolute Gasteiger partial charge is 0.167 e. The molecule has 6 rings (SSSR count). The molecule has 1 saturated carbocycles. The van der Waals surface area contributed by atoms with Gasteiger partial charge in [-0.3, -0.25) is 4.57 Å². The third kappa shape index (κ3) is 4.19. The van der Waals surface area contributed by atoms with Gasteiger partial charge in [-0.1, -0.05) is 30.4 Å². The zero-order chi connectivity index (χ0) is 24.2. The Balaban J connectivity index is 1.30. The molecule has 2 aliphatic heterocycles. The van der Waals surface area contributed by atoms with E-state index in [1.54, 1.807) is 36.7 Å². The fourth-order valence-electron chi connectivity index (χ4n) is 5.19. The minimum Gasteiger partial charge on any atom is -0.365 e. The lowest BCUT2D eigenvalue weighted by atomic mass is 10.1. The molecule has 1 aliphatic carbocycles. The van der Waals surface area contributed by atoms with Crippen LogP contribution in [0.1, 0.15) is 44.9 Å². The maximum atomic E-state index is 14.1. The van der Waals surface area contributed by atoms with Crippen molar-refractivity contribution in [3.63, 3.8) is 0 Å². The molecule has 3 aliphatic rings. The van der Waals surface area contributed by atoms with Gasteiger partial charge in [0, 0.05) is 11.6 Å². The Morgan fingerprint density at radius 3 is 2.74 bits per heavy atom. The summed E-state index contributed by atoms with van der Waals surface area (Å²) in [5.41, 5.74) is 1.62. The highest BCUT2D eigenvalue weighted by Crippen LogP contribution is 2.44. The van der Waals surface area contributed by atoms with E-state index in [0.29, 0.717) is 35.4 Å². The fraction of sp³-hybridized carbons (Fsp3) is 0.480. The van der Waals surface area contributed by atoms with Gasteiger partial charge in [0.15, 0.2) is 29.0 Å². The molecular formula is C25H27F2N5O3. The molecule has 2 unspecified atom stereocenters. The molecule has 3 fully saturated rings. The zero-order valence-electron chi connectivity index (χ0n) is 19.5. The quantitative estimate of drug-likeness (QED) is 0.576. The summed E-state index contributed by atoms with van der Waals surface area (Å²) in [6.45, 7) is 3.71. The van der Waals surface area contributed by atoms with Crippen LogP contribution >= 0.6 is 0 Å². The minimum atomic E-state index is -0.801. The molecule has 3 aromatic rings. The summed E-state index contributed by atoms with van der Waals surface area (Å²) in [5.74, 6) is -0.537. The number of aromatic nitrogens is 4. The van der Waals surface area contributed by atoms with Gasteiger partial charge in [-0.05, 0) is 39.2 Å². The molecule has 0 bridgehead atoms. The second-order valence-corrected chi connectivity index (χ2v) is 9.73. The van der Waals surface area contributed by atoms with E-state index in [4.69, 9.17) is 14.2 Å². The number of benzene rings is 1. The highest BCUT2D eigenvalue weighted by atomic mass is 19.1. The van der Waals surface area contributed by atoms with E-state index in [1.807, 2.05) is 18.4 Å². The number of fused-ring (bicyclic) bond motifs is 2. The lowest BCUT2D eigenvalue weighted by Crippen LogP contribution is -2.28. The highest BCUT2D eigenvalue weighted by Gasteiger charge is 2.55. The maximum Gasteiger partial charge on any atom is 0.167 e. The topological polar surface area (TPSA) is 83.3 Å². The minimum absolute atomic E-state index is 0.0145. The summed E-state index contributed by atoms with van der Waals surface area (Å²) in [6, 6.07) is 6.57. The second kappa shape index (κ2) is 8.61. The number of hydrogen-bond acceptors (Lipinski definition) is 7. The maximum absolute atomic E-state index is 14.1. The Morgan fingerprint density at radius 1 is 1.11 bits per heavy atom. The Morgan fingerprint density at radius 2 is 1.94 bits per heavy atom. The van der Waals surface area contributed by atoms with Crippen molar-refractivity contribution in [3.05, 3.63) is 54.4 Å². The third-order valence-electron chi connectivity index (χ3n) is 6.78. The largest absolute Gasteiger partial charge is 0.365 e. The molecule has 1 aromatic carbocycles. The number of nitrogens with zero attached hydrogens (tertiary/aromatic N) is 4. The van der Waals surface area contributed by atoms with Crippen molar-refractivity contribution in [2.75, 3.05) is 5.32 Å². The number of nitrogens with one attached hydrogen (secondary N) is 1. The van der Waals surface area contributed by atoms with Gasteiger partial charge >= 0.3 is 0 Å². The summed E-state index contributed by atoms with van der Waals surface area (Å²) in [5, 5.41) is 3.32. The number of ether oxygens (including phenoxy) is 3. The molecule has 35 heavy (non-hydrogen) atoms. The van der Waals surface area contributed by atoms with Gasteiger partial charge in [0.2, 0.25) is 0 Å². The van der Waals surface area contributed by atoms with Crippen LogP contribution in [0.25, 0.3) is 17.2 Å². The van der Waals surface area contributed by atoms with Crippen molar-refractivity contribution in [2.45, 2.75) is 75.7 Å². The first-order valence-electron chi connectivity index (χ1n) is 11.9. The van der Waals surface area contributed by atoms with Gasteiger partial charge in [-0.15, -0.1) is 0 Å². The summed E-state index contributed by atoms with van der Waals surface area (Å²) in [4.78, 5) is 13.3. The summed E-state index contributed by atoms with van der Waals surface area (Å²) in [7, 11) is 0. The van der Waals surface area contributed by atoms with Crippen molar-refractivity contribution >= 4 is 23.1 Å². The van der Waals surface area contributed by atoms with E-state index in [9.17, 15) is 8.78 Å². The normalized spacial score (nSPS) is 32.0. The van der Waals surface area contributed by atoms with E-state index in [0.717, 1.165) is 6.42 Å². The molecular weight excluding hydrogens is 456 g/mol. The van der Waals surface area contributed by atoms with Gasteiger partial charge in [-0.25, -0.2) is 23.7 Å². The van der Waals surface area contributed by atoms with E-state index in [1.165, 1.54) is 12.4 Å². The third-order valence-corrected chi connectivity index (χ3v) is 6.78. The number of halogens is 2. The number of rotatable bonds is 5. The average Bonchev–Trinajstić information content (AvgIpc) is 3.57.